The van der Waals surface area contributed by atoms with E-state index in [2.05, 4.69) is 20.0 Å². The summed E-state index contributed by atoms with van der Waals surface area (Å²) in [6.07, 6.45) is -1.11. The van der Waals surface area contributed by atoms with Gasteiger partial charge in [0.15, 0.2) is 9.84 Å². The molecule has 14 heteroatoms. The predicted molar refractivity (Wildman–Crippen MR) is 153 cm³/mol. The standard InChI is InChI=1S/C30H26F5N5O3S/c1-18(2)29(31,32)28-17-39(19(3)37-28)25-13-10-22(21-6-5-7-24(14-21)44(4,41)42)15-26(25)40-27(16-36-38-40)20-8-11-23(12-9-20)43-30(33,34)35/h5-18H,1-4H3. The van der Waals surface area contributed by atoms with E-state index in [1.54, 1.807) is 37.3 Å². The van der Waals surface area contributed by atoms with E-state index in [9.17, 15) is 30.4 Å². The molecule has 0 radical (unpaired) electrons. The number of aromatic nitrogens is 5. The lowest BCUT2D eigenvalue weighted by Gasteiger charge is -2.18. The van der Waals surface area contributed by atoms with Crippen LogP contribution in [-0.4, -0.2) is 45.6 Å². The predicted octanol–water partition coefficient (Wildman–Crippen LogP) is 7.15. The molecule has 5 aromatic rings. The van der Waals surface area contributed by atoms with Crippen molar-refractivity contribution < 1.29 is 35.1 Å². The Labute approximate surface area is 249 Å². The zero-order valence-electron chi connectivity index (χ0n) is 23.8. The number of alkyl halides is 5. The Morgan fingerprint density at radius 2 is 1.52 bits per heavy atom. The van der Waals surface area contributed by atoms with Crippen LogP contribution in [0.5, 0.6) is 5.75 Å². The smallest absolute Gasteiger partial charge is 0.406 e. The molecule has 2 aromatic heterocycles. The van der Waals surface area contributed by atoms with Crippen molar-refractivity contribution in [1.29, 1.82) is 0 Å². The van der Waals surface area contributed by atoms with Gasteiger partial charge in [0.05, 0.1) is 28.2 Å². The molecule has 0 atom stereocenters. The minimum Gasteiger partial charge on any atom is -0.406 e. The van der Waals surface area contributed by atoms with Gasteiger partial charge in [0, 0.05) is 23.9 Å². The van der Waals surface area contributed by atoms with Crippen LogP contribution in [0.1, 0.15) is 25.4 Å². The van der Waals surface area contributed by atoms with Crippen LogP contribution in [0.4, 0.5) is 22.0 Å². The summed E-state index contributed by atoms with van der Waals surface area (Å²) in [5.74, 6) is -4.37. The molecule has 0 aliphatic heterocycles. The fraction of sp³-hybridized carbons (Fsp3) is 0.233. The molecule has 2 heterocycles. The number of sulfone groups is 1. The van der Waals surface area contributed by atoms with Gasteiger partial charge in [-0.3, -0.25) is 0 Å². The monoisotopic (exact) mass is 631 g/mol. The lowest BCUT2D eigenvalue weighted by molar-refractivity contribution is -0.274. The molecule has 0 fully saturated rings. The number of rotatable bonds is 8. The van der Waals surface area contributed by atoms with E-state index >= 15 is 0 Å². The Morgan fingerprint density at radius 3 is 2.16 bits per heavy atom. The summed E-state index contributed by atoms with van der Waals surface area (Å²) in [6.45, 7) is 4.37. The second-order valence-corrected chi connectivity index (χ2v) is 12.4. The molecular weight excluding hydrogens is 605 g/mol. The fourth-order valence-corrected chi connectivity index (χ4v) is 5.26. The molecule has 230 valence electrons. The molecule has 3 aromatic carbocycles. The first-order chi connectivity index (χ1) is 20.5. The van der Waals surface area contributed by atoms with Gasteiger partial charge in [-0.05, 0) is 66.6 Å². The highest BCUT2D eigenvalue weighted by Gasteiger charge is 2.39. The molecule has 0 saturated carbocycles. The van der Waals surface area contributed by atoms with E-state index in [0.29, 0.717) is 33.8 Å². The third kappa shape index (κ3) is 6.20. The van der Waals surface area contributed by atoms with Crippen molar-refractivity contribution in [2.75, 3.05) is 6.26 Å². The minimum atomic E-state index is -4.86. The summed E-state index contributed by atoms with van der Waals surface area (Å²) in [6, 6.07) is 16.5. The normalized spacial score (nSPS) is 12.6. The maximum Gasteiger partial charge on any atom is 0.573 e. The van der Waals surface area contributed by atoms with E-state index in [1.165, 1.54) is 59.8 Å². The summed E-state index contributed by atoms with van der Waals surface area (Å²) in [5.41, 5.74) is 2.29. The van der Waals surface area contributed by atoms with Crippen LogP contribution in [0.25, 0.3) is 33.8 Å². The van der Waals surface area contributed by atoms with Gasteiger partial charge in [0.25, 0.3) is 5.92 Å². The minimum absolute atomic E-state index is 0.106. The fourth-order valence-electron chi connectivity index (χ4n) is 4.59. The van der Waals surface area contributed by atoms with E-state index in [-0.39, 0.29) is 10.7 Å². The third-order valence-corrected chi connectivity index (χ3v) is 8.05. The maximum atomic E-state index is 15.0. The number of ether oxygens (including phenoxy) is 1. The highest BCUT2D eigenvalue weighted by molar-refractivity contribution is 7.90. The van der Waals surface area contributed by atoms with Crippen LogP contribution in [0.15, 0.2) is 84.0 Å². The van der Waals surface area contributed by atoms with Crippen molar-refractivity contribution >= 4 is 9.84 Å². The van der Waals surface area contributed by atoms with Gasteiger partial charge >= 0.3 is 6.36 Å². The van der Waals surface area contributed by atoms with Gasteiger partial charge in [0.1, 0.15) is 17.3 Å². The largest absolute Gasteiger partial charge is 0.573 e. The van der Waals surface area contributed by atoms with Crippen molar-refractivity contribution in [1.82, 2.24) is 24.5 Å². The molecule has 0 bridgehead atoms. The molecule has 0 unspecified atom stereocenters. The average Bonchev–Trinajstić information content (AvgIpc) is 3.59. The Bertz CT molecular complexity index is 1930. The van der Waals surface area contributed by atoms with Crippen molar-refractivity contribution in [2.24, 2.45) is 5.92 Å². The molecule has 0 spiro atoms. The van der Waals surface area contributed by atoms with Gasteiger partial charge in [-0.2, -0.15) is 8.78 Å². The van der Waals surface area contributed by atoms with E-state index in [1.807, 2.05) is 0 Å². The number of nitrogens with zero attached hydrogens (tertiary/aromatic N) is 5. The van der Waals surface area contributed by atoms with Gasteiger partial charge in [0.2, 0.25) is 0 Å². The summed E-state index contributed by atoms with van der Waals surface area (Å²) in [5, 5.41) is 8.22. The first-order valence-electron chi connectivity index (χ1n) is 13.2. The summed E-state index contributed by atoms with van der Waals surface area (Å²) in [7, 11) is -3.51. The maximum absolute atomic E-state index is 15.0. The SMILES string of the molecule is Cc1nc(C(F)(F)C(C)C)cn1-c1ccc(-c2cccc(S(C)(=O)=O)c2)cc1-n1nncc1-c1ccc(OC(F)(F)F)cc1. The summed E-state index contributed by atoms with van der Waals surface area (Å²) < 4.78 is 99.3. The highest BCUT2D eigenvalue weighted by atomic mass is 32.2. The Kier molecular flexibility index (Phi) is 7.82. The van der Waals surface area contributed by atoms with Crippen LogP contribution in [0.3, 0.4) is 0 Å². The lowest BCUT2D eigenvalue weighted by Crippen LogP contribution is -2.21. The molecular formula is C30H26F5N5O3S. The molecule has 0 amide bonds. The molecule has 8 nitrogen and oxygen atoms in total. The van der Waals surface area contributed by atoms with Crippen LogP contribution >= 0.6 is 0 Å². The zero-order valence-corrected chi connectivity index (χ0v) is 24.7. The van der Waals surface area contributed by atoms with E-state index < -0.39 is 39.5 Å². The highest BCUT2D eigenvalue weighted by Crippen LogP contribution is 2.37. The molecule has 5 rings (SSSR count). The Hall–Kier alpha value is -4.59. The van der Waals surface area contributed by atoms with Gasteiger partial charge in [-0.1, -0.05) is 37.3 Å². The van der Waals surface area contributed by atoms with Gasteiger partial charge in [-0.15, -0.1) is 18.3 Å². The number of halogens is 5. The van der Waals surface area contributed by atoms with Crippen LogP contribution in [0.2, 0.25) is 0 Å². The van der Waals surface area contributed by atoms with Crippen LogP contribution in [-0.2, 0) is 15.8 Å². The van der Waals surface area contributed by atoms with Gasteiger partial charge < -0.3 is 9.30 Å². The second kappa shape index (κ2) is 11.2. The van der Waals surface area contributed by atoms with Crippen LogP contribution < -0.4 is 4.74 Å². The quantitative estimate of drug-likeness (QED) is 0.169. The van der Waals surface area contributed by atoms with Crippen molar-refractivity contribution in [3.63, 3.8) is 0 Å². The molecule has 0 saturated heterocycles. The van der Waals surface area contributed by atoms with E-state index in [4.69, 9.17) is 0 Å². The van der Waals surface area contributed by atoms with Crippen LogP contribution in [0, 0.1) is 12.8 Å². The first kappa shape index (κ1) is 30.9. The third-order valence-electron chi connectivity index (χ3n) is 6.94. The molecule has 0 N–H and O–H groups in total. The van der Waals surface area contributed by atoms with Crippen molar-refractivity contribution in [3.8, 4) is 39.5 Å². The topological polar surface area (TPSA) is 91.9 Å². The Balaban J connectivity index is 1.69. The van der Waals surface area contributed by atoms with Crippen molar-refractivity contribution in [3.05, 3.63) is 90.6 Å². The lowest BCUT2D eigenvalue weighted by atomic mass is 10.0. The molecule has 0 aliphatic carbocycles. The molecule has 44 heavy (non-hydrogen) atoms. The first-order valence-corrected chi connectivity index (χ1v) is 15.1. The van der Waals surface area contributed by atoms with Gasteiger partial charge in [-0.25, -0.2) is 18.1 Å². The van der Waals surface area contributed by atoms with E-state index in [0.717, 1.165) is 18.4 Å². The molecule has 0 aliphatic rings. The number of benzene rings is 3. The second-order valence-electron chi connectivity index (χ2n) is 10.4. The van der Waals surface area contributed by atoms with Crippen molar-refractivity contribution in [2.45, 2.75) is 38.0 Å². The number of hydrogen-bond donors (Lipinski definition) is 0. The summed E-state index contributed by atoms with van der Waals surface area (Å²) in [4.78, 5) is 4.24. The zero-order chi connectivity index (χ0) is 32.0. The number of aryl methyl sites for hydroxylation is 1. The summed E-state index contributed by atoms with van der Waals surface area (Å²) >= 11 is 0. The Morgan fingerprint density at radius 1 is 0.864 bits per heavy atom. The number of hydrogen-bond acceptors (Lipinski definition) is 6. The number of imidazole rings is 1. The average molecular weight is 632 g/mol.